The zero-order chi connectivity index (χ0) is 21.0. The Balaban J connectivity index is 6.44. The molecule has 0 N–H and O–H groups in total. The summed E-state index contributed by atoms with van der Waals surface area (Å²) in [6.45, 7) is 7.52. The first-order valence-corrected chi connectivity index (χ1v) is 11.5. The van der Waals surface area contributed by atoms with Crippen molar-refractivity contribution in [2.45, 2.75) is 77.1 Å². The molecule has 0 aliphatic heterocycles. The third-order valence-electron chi connectivity index (χ3n) is 2.91. The van der Waals surface area contributed by atoms with E-state index in [1.807, 2.05) is 0 Å². The average Bonchev–Trinajstić information content (AvgIpc) is 2.41. The predicted molar refractivity (Wildman–Crippen MR) is 85.3 cm³/mol. The van der Waals surface area contributed by atoms with Crippen LogP contribution in [0, 0.1) is 0 Å². The van der Waals surface area contributed by atoms with Crippen molar-refractivity contribution in [1.29, 1.82) is 0 Å². The van der Waals surface area contributed by atoms with Gasteiger partial charge in [-0.25, -0.2) is 9.59 Å². The molecule has 154 valence electrons. The van der Waals surface area contributed by atoms with E-state index in [0.29, 0.717) is 6.42 Å². The summed E-state index contributed by atoms with van der Waals surface area (Å²) >= 11 is 0. The van der Waals surface area contributed by atoms with Crippen molar-refractivity contribution in [3.05, 3.63) is 0 Å². The van der Waals surface area contributed by atoms with Gasteiger partial charge in [-0.15, -0.1) is 0 Å². The molecule has 0 heterocycles. The van der Waals surface area contributed by atoms with E-state index in [-0.39, 0.29) is 6.42 Å². The van der Waals surface area contributed by atoms with E-state index < -0.39 is 50.7 Å². The highest BCUT2D eigenvalue weighted by Crippen LogP contribution is 2.48. The highest BCUT2D eigenvalue weighted by Gasteiger charge is 2.80. The van der Waals surface area contributed by atoms with Gasteiger partial charge in [0.1, 0.15) is 0 Å². The normalized spacial score (nSPS) is 15.5. The molecule has 5 nitrogen and oxygen atoms in total. The number of unbranched alkanes of at least 4 members (excludes halogenated alkanes) is 1. The van der Waals surface area contributed by atoms with Crippen molar-refractivity contribution >= 4 is 20.3 Å². The quantitative estimate of drug-likeness (QED) is 0.189. The van der Waals surface area contributed by atoms with Crippen LogP contribution < -0.4 is 0 Å². The van der Waals surface area contributed by atoms with Crippen molar-refractivity contribution in [3.8, 4) is 0 Å². The number of hydrogen-bond acceptors (Lipinski definition) is 5. The molecule has 0 spiro atoms. The number of carbonyl (C=O) groups is 2. The van der Waals surface area contributed by atoms with Gasteiger partial charge in [0, 0.05) is 0 Å². The number of halogens is 5. The number of hydrogen-bond donors (Lipinski definition) is 0. The lowest BCUT2D eigenvalue weighted by Gasteiger charge is -2.40. The summed E-state index contributed by atoms with van der Waals surface area (Å²) < 4.78 is 82.2. The molecule has 1 unspecified atom stereocenters. The van der Waals surface area contributed by atoms with Crippen LogP contribution in [0.1, 0.15) is 33.6 Å². The number of ether oxygens (including phenoxy) is 2. The molecule has 0 saturated heterocycles. The lowest BCUT2D eigenvalue weighted by atomic mass is 9.94. The first-order valence-electron chi connectivity index (χ1n) is 8.06. The lowest BCUT2D eigenvalue weighted by Crippen LogP contribution is -2.70. The van der Waals surface area contributed by atoms with E-state index in [1.54, 1.807) is 6.92 Å². The van der Waals surface area contributed by atoms with Crippen molar-refractivity contribution in [2.24, 2.45) is 0 Å². The molecule has 0 amide bonds. The Kier molecular flexibility index (Phi) is 8.23. The highest BCUT2D eigenvalue weighted by atomic mass is 28.4. The van der Waals surface area contributed by atoms with Gasteiger partial charge in [0.25, 0.3) is 0 Å². The molecule has 0 aromatic carbocycles. The minimum atomic E-state index is -6.24. The van der Waals surface area contributed by atoms with Crippen LogP contribution in [0.3, 0.4) is 0 Å². The van der Waals surface area contributed by atoms with Gasteiger partial charge < -0.3 is 13.9 Å². The Morgan fingerprint density at radius 2 is 1.50 bits per heavy atom. The molecule has 0 fully saturated rings. The van der Waals surface area contributed by atoms with Crippen LogP contribution in [0.15, 0.2) is 0 Å². The topological polar surface area (TPSA) is 61.8 Å². The first-order chi connectivity index (χ1) is 11.5. The number of carbonyl (C=O) groups excluding carboxylic acids is 2. The Hall–Kier alpha value is -1.23. The molecule has 0 rings (SSSR count). The Morgan fingerprint density at radius 1 is 1.00 bits per heavy atom. The zero-order valence-electron chi connectivity index (χ0n) is 15.6. The Bertz CT molecular complexity index is 502. The van der Waals surface area contributed by atoms with Crippen LogP contribution >= 0.6 is 0 Å². The van der Waals surface area contributed by atoms with Crippen molar-refractivity contribution in [3.63, 3.8) is 0 Å². The minimum absolute atomic E-state index is 0.214. The monoisotopic (exact) mass is 408 g/mol. The number of esters is 2. The van der Waals surface area contributed by atoms with E-state index in [1.165, 1.54) is 33.5 Å². The van der Waals surface area contributed by atoms with Gasteiger partial charge in [-0.05, 0) is 39.9 Å². The van der Waals surface area contributed by atoms with Gasteiger partial charge in [0.05, 0.1) is 12.7 Å². The fraction of sp³-hybridized carbons (Fsp3) is 0.867. The molecular formula is C15H25F5O5Si. The van der Waals surface area contributed by atoms with Crippen molar-refractivity contribution in [1.82, 2.24) is 0 Å². The molecule has 0 radical (unpaired) electrons. The fourth-order valence-electron chi connectivity index (χ4n) is 1.85. The van der Waals surface area contributed by atoms with Gasteiger partial charge in [-0.3, -0.25) is 0 Å². The second-order valence-electron chi connectivity index (χ2n) is 6.91. The van der Waals surface area contributed by atoms with Gasteiger partial charge in [-0.1, -0.05) is 13.3 Å². The fourth-order valence-corrected chi connectivity index (χ4v) is 3.07. The van der Waals surface area contributed by atoms with Crippen LogP contribution in [0.2, 0.25) is 19.6 Å². The largest absolute Gasteiger partial charge is 0.463 e. The van der Waals surface area contributed by atoms with Crippen LogP contribution in [-0.2, 0) is 23.5 Å². The van der Waals surface area contributed by atoms with Crippen LogP contribution in [0.4, 0.5) is 22.0 Å². The second kappa shape index (κ2) is 8.64. The molecule has 0 aliphatic carbocycles. The molecule has 0 aliphatic rings. The average molecular weight is 408 g/mol. The second-order valence-corrected chi connectivity index (χ2v) is 11.3. The summed E-state index contributed by atoms with van der Waals surface area (Å²) in [6.07, 6.45) is -6.60. The zero-order valence-corrected chi connectivity index (χ0v) is 16.6. The smallest absolute Gasteiger partial charge is 0.457 e. The van der Waals surface area contributed by atoms with E-state index in [9.17, 15) is 31.5 Å². The maximum absolute atomic E-state index is 14.4. The van der Waals surface area contributed by atoms with E-state index in [0.717, 1.165) is 0 Å². The SMILES string of the molecule is CCCCOC(=O)C(O[Si](C)(C)C)(C(=O)OC(C)C)C(F)(F)C(F)(F)F. The van der Waals surface area contributed by atoms with E-state index in [2.05, 4.69) is 9.47 Å². The molecule has 11 heteroatoms. The molecule has 0 aromatic heterocycles. The highest BCUT2D eigenvalue weighted by molar-refractivity contribution is 6.70. The predicted octanol–water partition coefficient (Wildman–Crippen LogP) is 4.07. The number of alkyl halides is 5. The summed E-state index contributed by atoms with van der Waals surface area (Å²) in [6, 6.07) is 0. The summed E-state index contributed by atoms with van der Waals surface area (Å²) in [7, 11) is -3.29. The van der Waals surface area contributed by atoms with Gasteiger partial charge in [-0.2, -0.15) is 22.0 Å². The lowest BCUT2D eigenvalue weighted by molar-refractivity contribution is -0.330. The summed E-state index contributed by atoms with van der Waals surface area (Å²) in [4.78, 5) is 24.6. The standard InChI is InChI=1S/C15H25F5O5Si/c1-7-8-9-23-11(21)13(25-26(4,5)6,12(22)24-10(2)3)14(16,17)15(18,19)20/h10H,7-9H2,1-6H3. The molecular weight excluding hydrogens is 383 g/mol. The van der Waals surface area contributed by atoms with Crippen LogP contribution in [0.25, 0.3) is 0 Å². The van der Waals surface area contributed by atoms with Gasteiger partial charge in [0.2, 0.25) is 0 Å². The summed E-state index contributed by atoms with van der Waals surface area (Å²) in [5, 5.41) is 0. The third kappa shape index (κ3) is 5.63. The molecule has 0 saturated carbocycles. The Morgan fingerprint density at radius 3 is 1.85 bits per heavy atom. The Labute approximate surface area is 150 Å². The van der Waals surface area contributed by atoms with Crippen LogP contribution in [0.5, 0.6) is 0 Å². The van der Waals surface area contributed by atoms with E-state index in [4.69, 9.17) is 4.43 Å². The van der Waals surface area contributed by atoms with Crippen molar-refractivity contribution < 1.29 is 45.4 Å². The number of rotatable bonds is 9. The third-order valence-corrected chi connectivity index (χ3v) is 3.82. The first kappa shape index (κ1) is 24.8. The van der Waals surface area contributed by atoms with Gasteiger partial charge in [0.15, 0.2) is 8.32 Å². The molecule has 26 heavy (non-hydrogen) atoms. The summed E-state index contributed by atoms with van der Waals surface area (Å²) in [5.74, 6) is -10.1. The van der Waals surface area contributed by atoms with Crippen LogP contribution in [-0.4, -0.2) is 50.7 Å². The van der Waals surface area contributed by atoms with Crippen molar-refractivity contribution in [2.75, 3.05) is 6.61 Å². The maximum atomic E-state index is 14.4. The van der Waals surface area contributed by atoms with E-state index >= 15 is 0 Å². The molecule has 0 aromatic rings. The van der Waals surface area contributed by atoms with Gasteiger partial charge >= 0.3 is 29.6 Å². The molecule has 1 atom stereocenters. The maximum Gasteiger partial charge on any atom is 0.457 e. The minimum Gasteiger partial charge on any atom is -0.463 e. The molecule has 0 bridgehead atoms. The summed E-state index contributed by atoms with van der Waals surface area (Å²) in [5.41, 5.74) is -4.26.